The van der Waals surface area contributed by atoms with Crippen LogP contribution < -0.4 is 5.32 Å². The topological polar surface area (TPSA) is 97.0 Å². The van der Waals surface area contributed by atoms with Crippen LogP contribution in [0.15, 0.2) is 16.9 Å². The minimum Gasteiger partial charge on any atom is -0.442 e. The first-order valence-electron chi connectivity index (χ1n) is 10.3. The van der Waals surface area contributed by atoms with Gasteiger partial charge in [0.2, 0.25) is 11.0 Å². The van der Waals surface area contributed by atoms with Crippen LogP contribution in [0.5, 0.6) is 0 Å². The van der Waals surface area contributed by atoms with E-state index < -0.39 is 5.82 Å². The largest absolute Gasteiger partial charge is 0.442 e. The maximum absolute atomic E-state index is 14.1. The molecule has 2 aliphatic rings. The molecule has 2 fully saturated rings. The van der Waals surface area contributed by atoms with Gasteiger partial charge in [-0.15, -0.1) is 0 Å². The molecule has 5 rings (SSSR count). The Balaban J connectivity index is 1.40. The van der Waals surface area contributed by atoms with Crippen LogP contribution in [-0.4, -0.2) is 49.4 Å². The highest BCUT2D eigenvalue weighted by molar-refractivity contribution is 6.28. The van der Waals surface area contributed by atoms with Crippen LogP contribution in [0.25, 0.3) is 11.1 Å². The fourth-order valence-corrected chi connectivity index (χ4v) is 4.29. The second-order valence-corrected chi connectivity index (χ2v) is 8.90. The number of hydrogen-bond acceptors (Lipinski definition) is 7. The molecule has 1 N–H and O–H groups in total. The van der Waals surface area contributed by atoms with Crippen molar-refractivity contribution in [1.29, 1.82) is 0 Å². The van der Waals surface area contributed by atoms with E-state index in [4.69, 9.17) is 16.0 Å². The zero-order chi connectivity index (χ0) is 21.8. The zero-order valence-electron chi connectivity index (χ0n) is 17.3. The molecule has 1 amide bonds. The number of carbonyl (C=O) groups excluding carboxylic acids is 1. The first kappa shape index (κ1) is 20.1. The van der Waals surface area contributed by atoms with Crippen LogP contribution in [0.4, 0.5) is 10.2 Å². The quantitative estimate of drug-likeness (QED) is 0.605. The van der Waals surface area contributed by atoms with Crippen molar-refractivity contribution in [3.05, 3.63) is 40.6 Å². The lowest BCUT2D eigenvalue weighted by molar-refractivity contribution is 0.0711. The van der Waals surface area contributed by atoms with E-state index in [9.17, 15) is 9.18 Å². The number of anilines is 1. The Morgan fingerprint density at radius 1 is 1.29 bits per heavy atom. The molecule has 0 spiro atoms. The number of amides is 1. The number of likely N-dealkylation sites (tertiary alicyclic amines) is 1. The lowest BCUT2D eigenvalue weighted by Crippen LogP contribution is -2.38. The van der Waals surface area contributed by atoms with Crippen LogP contribution >= 0.6 is 11.6 Å². The Hall–Kier alpha value is -2.81. The third-order valence-corrected chi connectivity index (χ3v) is 6.39. The van der Waals surface area contributed by atoms with Crippen molar-refractivity contribution in [2.45, 2.75) is 51.0 Å². The lowest BCUT2D eigenvalue weighted by Gasteiger charge is -2.31. The standard InChI is InChI=1S/C21H22ClFN6O2/c1-11-14(15-17(28-21(2)5-6-21)25-10-26-18(15)31-11)19(30)29-7-3-12(4-8-29)16-13(23)9-24-20(22)27-16/h9-10,12H,3-8H2,1-2H3,(H,25,26,28). The Morgan fingerprint density at radius 3 is 2.74 bits per heavy atom. The first-order valence-corrected chi connectivity index (χ1v) is 10.7. The number of furan rings is 1. The summed E-state index contributed by atoms with van der Waals surface area (Å²) in [6.45, 7) is 4.84. The Bertz CT molecular complexity index is 1170. The van der Waals surface area contributed by atoms with Gasteiger partial charge in [0.15, 0.2) is 5.82 Å². The fraction of sp³-hybridized carbons (Fsp3) is 0.476. The van der Waals surface area contributed by atoms with E-state index in [0.717, 1.165) is 19.0 Å². The molecule has 0 bridgehead atoms. The van der Waals surface area contributed by atoms with Gasteiger partial charge in [-0.25, -0.2) is 24.3 Å². The van der Waals surface area contributed by atoms with E-state index in [1.54, 1.807) is 11.8 Å². The van der Waals surface area contributed by atoms with E-state index in [1.165, 1.54) is 6.33 Å². The van der Waals surface area contributed by atoms with Gasteiger partial charge in [-0.3, -0.25) is 4.79 Å². The predicted octanol–water partition coefficient (Wildman–Crippen LogP) is 4.10. The van der Waals surface area contributed by atoms with Gasteiger partial charge in [-0.05, 0) is 51.1 Å². The van der Waals surface area contributed by atoms with Gasteiger partial charge < -0.3 is 14.6 Å². The third-order valence-electron chi connectivity index (χ3n) is 6.21. The van der Waals surface area contributed by atoms with Crippen molar-refractivity contribution in [2.24, 2.45) is 0 Å². The molecule has 10 heteroatoms. The molecule has 4 heterocycles. The molecule has 1 aliphatic carbocycles. The smallest absolute Gasteiger partial charge is 0.258 e. The number of aromatic nitrogens is 4. The summed E-state index contributed by atoms with van der Waals surface area (Å²) in [7, 11) is 0. The first-order chi connectivity index (χ1) is 14.8. The van der Waals surface area contributed by atoms with Gasteiger partial charge in [0.05, 0.1) is 22.8 Å². The molecule has 3 aromatic heterocycles. The van der Waals surface area contributed by atoms with Crippen LogP contribution in [-0.2, 0) is 0 Å². The number of hydrogen-bond donors (Lipinski definition) is 1. The summed E-state index contributed by atoms with van der Waals surface area (Å²) in [5.41, 5.74) is 1.19. The summed E-state index contributed by atoms with van der Waals surface area (Å²) in [6.07, 6.45) is 5.82. The number of fused-ring (bicyclic) bond motifs is 1. The summed E-state index contributed by atoms with van der Waals surface area (Å²) in [6, 6.07) is 0. The van der Waals surface area contributed by atoms with Crippen molar-refractivity contribution < 1.29 is 13.6 Å². The van der Waals surface area contributed by atoms with Crippen LogP contribution in [0.1, 0.15) is 60.3 Å². The molecule has 3 aromatic rings. The molecular formula is C21H22ClFN6O2. The minimum absolute atomic E-state index is 0.00594. The maximum Gasteiger partial charge on any atom is 0.258 e. The zero-order valence-corrected chi connectivity index (χ0v) is 18.0. The number of halogens is 2. The number of rotatable bonds is 4. The highest BCUT2D eigenvalue weighted by Crippen LogP contribution is 2.40. The Kier molecular flexibility index (Phi) is 4.80. The summed E-state index contributed by atoms with van der Waals surface area (Å²) in [5.74, 6) is 0.433. The van der Waals surface area contributed by atoms with E-state index >= 15 is 0 Å². The molecule has 1 aliphatic heterocycles. The van der Waals surface area contributed by atoms with Gasteiger partial charge in [0.25, 0.3) is 5.91 Å². The van der Waals surface area contributed by atoms with Gasteiger partial charge in [0.1, 0.15) is 17.9 Å². The molecule has 162 valence electrons. The van der Waals surface area contributed by atoms with Crippen LogP contribution in [0.3, 0.4) is 0 Å². The van der Waals surface area contributed by atoms with Crippen LogP contribution in [0, 0.1) is 12.7 Å². The monoisotopic (exact) mass is 444 g/mol. The average molecular weight is 445 g/mol. The van der Waals surface area contributed by atoms with Gasteiger partial charge in [-0.2, -0.15) is 0 Å². The summed E-state index contributed by atoms with van der Waals surface area (Å²) < 4.78 is 19.9. The Morgan fingerprint density at radius 2 is 2.03 bits per heavy atom. The van der Waals surface area contributed by atoms with Gasteiger partial charge >= 0.3 is 0 Å². The number of nitrogens with zero attached hydrogens (tertiary/aromatic N) is 5. The molecule has 8 nitrogen and oxygen atoms in total. The SMILES string of the molecule is Cc1oc2ncnc(NC3(C)CC3)c2c1C(=O)N1CCC(c2nc(Cl)ncc2F)CC1. The molecule has 1 saturated heterocycles. The predicted molar refractivity (Wildman–Crippen MR) is 113 cm³/mol. The average Bonchev–Trinajstić information content (AvgIpc) is 3.37. The van der Waals surface area contributed by atoms with Crippen molar-refractivity contribution >= 4 is 34.4 Å². The molecule has 1 saturated carbocycles. The summed E-state index contributed by atoms with van der Waals surface area (Å²) >= 11 is 5.84. The number of piperidine rings is 1. The van der Waals surface area contributed by atoms with E-state index in [2.05, 4.69) is 32.2 Å². The molecule has 0 unspecified atom stereocenters. The molecule has 0 aromatic carbocycles. The molecule has 0 radical (unpaired) electrons. The number of carbonyl (C=O) groups is 1. The normalized spacial score (nSPS) is 18.4. The van der Waals surface area contributed by atoms with E-state index in [0.29, 0.717) is 59.9 Å². The van der Waals surface area contributed by atoms with Crippen molar-refractivity contribution in [3.8, 4) is 0 Å². The number of aryl methyl sites for hydroxylation is 1. The summed E-state index contributed by atoms with van der Waals surface area (Å²) in [4.78, 5) is 31.6. The highest BCUT2D eigenvalue weighted by atomic mass is 35.5. The van der Waals surface area contributed by atoms with Crippen LogP contribution in [0.2, 0.25) is 5.28 Å². The molecular weight excluding hydrogens is 423 g/mol. The van der Waals surface area contributed by atoms with Crippen molar-refractivity contribution in [1.82, 2.24) is 24.8 Å². The highest BCUT2D eigenvalue weighted by Gasteiger charge is 2.39. The Labute approximate surface area is 183 Å². The fourth-order valence-electron chi connectivity index (χ4n) is 4.15. The minimum atomic E-state index is -0.465. The second kappa shape index (κ2) is 7.40. The van der Waals surface area contributed by atoms with Gasteiger partial charge in [0, 0.05) is 24.5 Å². The summed E-state index contributed by atoms with van der Waals surface area (Å²) in [5, 5.41) is 4.08. The van der Waals surface area contributed by atoms with Gasteiger partial charge in [-0.1, -0.05) is 0 Å². The molecule has 31 heavy (non-hydrogen) atoms. The number of nitrogens with one attached hydrogen (secondary N) is 1. The third kappa shape index (κ3) is 3.71. The maximum atomic E-state index is 14.1. The second-order valence-electron chi connectivity index (χ2n) is 8.56. The molecule has 0 atom stereocenters. The van der Waals surface area contributed by atoms with E-state index in [-0.39, 0.29) is 22.6 Å². The van der Waals surface area contributed by atoms with E-state index in [1.807, 2.05) is 0 Å². The van der Waals surface area contributed by atoms with Crippen molar-refractivity contribution in [3.63, 3.8) is 0 Å². The van der Waals surface area contributed by atoms with Crippen molar-refractivity contribution in [2.75, 3.05) is 18.4 Å². The lowest BCUT2D eigenvalue weighted by atomic mass is 9.92.